The Morgan fingerprint density at radius 2 is 2.08 bits per heavy atom. The quantitative estimate of drug-likeness (QED) is 0.632. The molecule has 0 aromatic heterocycles. The van der Waals surface area contributed by atoms with Crippen LogP contribution in [-0.2, 0) is 0 Å². The maximum atomic E-state index is 5.54. The van der Waals surface area contributed by atoms with E-state index in [-0.39, 0.29) is 0 Å². The van der Waals surface area contributed by atoms with Crippen LogP contribution < -0.4 is 5.73 Å². The Balaban J connectivity index is 2.84. The molecule has 0 heterocycles. The molecule has 1 fully saturated rings. The molecule has 0 bridgehead atoms. The summed E-state index contributed by atoms with van der Waals surface area (Å²) in [7, 11) is 0. The molecule has 1 nitrogen and oxygen atoms in total. The first-order valence-electron chi connectivity index (χ1n) is 4.44. The van der Waals surface area contributed by atoms with E-state index in [1.165, 1.54) is 17.6 Å². The zero-order valence-corrected chi connectivity index (χ0v) is 7.93. The topological polar surface area (TPSA) is 26.0 Å². The van der Waals surface area contributed by atoms with Crippen LogP contribution in [0.3, 0.4) is 0 Å². The van der Waals surface area contributed by atoms with Crippen molar-refractivity contribution in [3.8, 4) is 0 Å². The molecule has 1 atom stereocenters. The molecule has 0 aromatic rings. The molecule has 0 radical (unpaired) electrons. The third kappa shape index (κ3) is 2.00. The number of rotatable bonds is 1. The van der Waals surface area contributed by atoms with E-state index in [4.69, 9.17) is 5.73 Å². The van der Waals surface area contributed by atoms with Crippen molar-refractivity contribution < 1.29 is 0 Å². The molecule has 1 unspecified atom stereocenters. The highest BCUT2D eigenvalue weighted by molar-refractivity contribution is 5.39. The van der Waals surface area contributed by atoms with Crippen LogP contribution >= 0.6 is 0 Å². The molecule has 66 valence electrons. The molecule has 0 saturated heterocycles. The van der Waals surface area contributed by atoms with E-state index >= 15 is 0 Å². The molecule has 12 heavy (non-hydrogen) atoms. The van der Waals surface area contributed by atoms with Gasteiger partial charge in [0, 0.05) is 5.70 Å². The van der Waals surface area contributed by atoms with E-state index in [2.05, 4.69) is 26.5 Å². The second-order valence-corrected chi connectivity index (χ2v) is 3.57. The molecule has 0 aliphatic heterocycles. The summed E-state index contributed by atoms with van der Waals surface area (Å²) in [4.78, 5) is 0. The van der Waals surface area contributed by atoms with Crippen molar-refractivity contribution in [1.29, 1.82) is 0 Å². The van der Waals surface area contributed by atoms with E-state index in [1.54, 1.807) is 0 Å². The molecular weight excluding hydrogens is 146 g/mol. The maximum absolute atomic E-state index is 5.54. The normalized spacial score (nSPS) is 30.0. The van der Waals surface area contributed by atoms with E-state index in [0.29, 0.717) is 5.70 Å². The largest absolute Gasteiger partial charge is 0.399 e. The average Bonchev–Trinajstić information content (AvgIpc) is 2.29. The summed E-state index contributed by atoms with van der Waals surface area (Å²) in [6.45, 7) is 8.04. The lowest BCUT2D eigenvalue weighted by atomic mass is 10.1. The molecular formula is C11H17N. The molecule has 0 amide bonds. The molecule has 1 aliphatic carbocycles. The van der Waals surface area contributed by atoms with Gasteiger partial charge in [0.15, 0.2) is 0 Å². The zero-order valence-electron chi connectivity index (χ0n) is 7.93. The summed E-state index contributed by atoms with van der Waals surface area (Å²) < 4.78 is 0. The highest BCUT2D eigenvalue weighted by Crippen LogP contribution is 2.34. The zero-order chi connectivity index (χ0) is 9.14. The second kappa shape index (κ2) is 3.61. The number of nitrogens with two attached hydrogens (primary N) is 1. The Hall–Kier alpha value is -0.980. The van der Waals surface area contributed by atoms with Crippen LogP contribution in [0.5, 0.6) is 0 Å². The van der Waals surface area contributed by atoms with Gasteiger partial charge in [0.2, 0.25) is 0 Å². The Kier molecular flexibility index (Phi) is 2.74. The first-order chi connectivity index (χ1) is 5.63. The lowest BCUT2D eigenvalue weighted by Crippen LogP contribution is -1.91. The van der Waals surface area contributed by atoms with Crippen molar-refractivity contribution in [3.63, 3.8) is 0 Å². The summed E-state index contributed by atoms with van der Waals surface area (Å²) in [5.41, 5.74) is 9.01. The Morgan fingerprint density at radius 3 is 2.58 bits per heavy atom. The van der Waals surface area contributed by atoms with Gasteiger partial charge in [-0.25, -0.2) is 0 Å². The molecule has 2 N–H and O–H groups in total. The van der Waals surface area contributed by atoms with Crippen LogP contribution in [0.2, 0.25) is 0 Å². The van der Waals surface area contributed by atoms with Crippen molar-refractivity contribution in [2.45, 2.75) is 26.7 Å². The molecule has 0 aromatic carbocycles. The fraction of sp³-hybridized carbons (Fsp3) is 0.455. The fourth-order valence-corrected chi connectivity index (χ4v) is 1.76. The van der Waals surface area contributed by atoms with Crippen LogP contribution in [0.1, 0.15) is 26.7 Å². The molecule has 0 spiro atoms. The van der Waals surface area contributed by atoms with Crippen molar-refractivity contribution in [2.24, 2.45) is 11.7 Å². The van der Waals surface area contributed by atoms with Gasteiger partial charge in [-0.15, -0.1) is 0 Å². The number of hydrogen-bond donors (Lipinski definition) is 1. The van der Waals surface area contributed by atoms with Gasteiger partial charge in [0.05, 0.1) is 0 Å². The minimum atomic E-state index is 0.665. The van der Waals surface area contributed by atoms with Crippen molar-refractivity contribution in [2.75, 3.05) is 0 Å². The van der Waals surface area contributed by atoms with Crippen LogP contribution in [-0.4, -0.2) is 0 Å². The van der Waals surface area contributed by atoms with Crippen molar-refractivity contribution >= 4 is 0 Å². The summed E-state index contributed by atoms with van der Waals surface area (Å²) >= 11 is 0. The highest BCUT2D eigenvalue weighted by Gasteiger charge is 2.19. The smallest absolute Gasteiger partial charge is 0.0243 e. The van der Waals surface area contributed by atoms with Gasteiger partial charge in [-0.3, -0.25) is 0 Å². The Bertz CT molecular complexity index is 246. The second-order valence-electron chi connectivity index (χ2n) is 3.57. The predicted octanol–water partition coefficient (Wildman–Crippen LogP) is 2.76. The summed E-state index contributed by atoms with van der Waals surface area (Å²) in [5.74, 6) is 0.766. The van der Waals surface area contributed by atoms with E-state index < -0.39 is 0 Å². The lowest BCUT2D eigenvalue weighted by Gasteiger charge is -1.98. The Labute approximate surface area is 74.7 Å². The van der Waals surface area contributed by atoms with Crippen molar-refractivity contribution in [1.82, 2.24) is 0 Å². The van der Waals surface area contributed by atoms with Crippen LogP contribution in [0.25, 0.3) is 0 Å². The third-order valence-electron chi connectivity index (χ3n) is 2.26. The molecule has 1 aliphatic rings. The molecule has 1 heteroatoms. The minimum absolute atomic E-state index is 0.665. The van der Waals surface area contributed by atoms with Gasteiger partial charge in [-0.1, -0.05) is 19.6 Å². The monoisotopic (exact) mass is 163 g/mol. The van der Waals surface area contributed by atoms with Gasteiger partial charge in [-0.05, 0) is 42.9 Å². The standard InChI is InChI=1S/C11H17N/c1-4-10-5-8(2)6-11(10)7-9(3)12/h4,7-8H,3,5-6,12H2,1-2H3/b10-4-,11-7-. The SMILES string of the molecule is C=C(N)/C=C1/CC(C)C/C1=C/C. The number of hydrogen-bond acceptors (Lipinski definition) is 1. The van der Waals surface area contributed by atoms with Gasteiger partial charge < -0.3 is 5.73 Å². The maximum Gasteiger partial charge on any atom is 0.0243 e. The predicted molar refractivity (Wildman–Crippen MR) is 53.6 cm³/mol. The molecule has 1 saturated carbocycles. The summed E-state index contributed by atoms with van der Waals surface area (Å²) in [5, 5.41) is 0. The summed E-state index contributed by atoms with van der Waals surface area (Å²) in [6.07, 6.45) is 6.52. The van der Waals surface area contributed by atoms with E-state index in [0.717, 1.165) is 12.3 Å². The van der Waals surface area contributed by atoms with Gasteiger partial charge in [-0.2, -0.15) is 0 Å². The average molecular weight is 163 g/mol. The first kappa shape index (κ1) is 9.11. The lowest BCUT2D eigenvalue weighted by molar-refractivity contribution is 0.640. The fourth-order valence-electron chi connectivity index (χ4n) is 1.76. The number of allylic oxidation sites excluding steroid dienone is 4. The summed E-state index contributed by atoms with van der Waals surface area (Å²) in [6, 6.07) is 0. The Morgan fingerprint density at radius 1 is 1.50 bits per heavy atom. The minimum Gasteiger partial charge on any atom is -0.399 e. The third-order valence-corrected chi connectivity index (χ3v) is 2.26. The molecule has 1 rings (SSSR count). The van der Waals surface area contributed by atoms with Crippen LogP contribution in [0.15, 0.2) is 35.6 Å². The van der Waals surface area contributed by atoms with E-state index in [9.17, 15) is 0 Å². The van der Waals surface area contributed by atoms with Crippen LogP contribution in [0, 0.1) is 5.92 Å². The highest BCUT2D eigenvalue weighted by atomic mass is 14.5. The van der Waals surface area contributed by atoms with Gasteiger partial charge in [0.1, 0.15) is 0 Å². The van der Waals surface area contributed by atoms with Gasteiger partial charge in [0.25, 0.3) is 0 Å². The van der Waals surface area contributed by atoms with Crippen molar-refractivity contribution in [3.05, 3.63) is 35.6 Å². The van der Waals surface area contributed by atoms with Gasteiger partial charge >= 0.3 is 0 Å². The van der Waals surface area contributed by atoms with E-state index in [1.807, 2.05) is 6.08 Å². The van der Waals surface area contributed by atoms with Crippen LogP contribution in [0.4, 0.5) is 0 Å². The first-order valence-corrected chi connectivity index (χ1v) is 4.44.